The number of carbonyl (C=O) groups excluding carboxylic acids is 1. The van der Waals surface area contributed by atoms with Gasteiger partial charge in [0.05, 0.1) is 18.3 Å². The zero-order valence-corrected chi connectivity index (χ0v) is 22.6. The van der Waals surface area contributed by atoms with Gasteiger partial charge in [-0.15, -0.1) is 0 Å². The van der Waals surface area contributed by atoms with Gasteiger partial charge < -0.3 is 4.90 Å². The van der Waals surface area contributed by atoms with Crippen LogP contribution < -0.4 is 5.49 Å². The quantitative estimate of drug-likeness (QED) is 0.339. The molecule has 38 heavy (non-hydrogen) atoms. The highest BCUT2D eigenvalue weighted by Crippen LogP contribution is 2.24. The maximum atomic E-state index is 14.2. The van der Waals surface area contributed by atoms with Crippen molar-refractivity contribution < 1.29 is 4.79 Å². The average Bonchev–Trinajstić information content (AvgIpc) is 3.52. The van der Waals surface area contributed by atoms with Crippen LogP contribution >= 0.6 is 0 Å². The second-order valence-corrected chi connectivity index (χ2v) is 9.28. The maximum Gasteiger partial charge on any atom is 0.271 e. The van der Waals surface area contributed by atoms with Crippen molar-refractivity contribution >= 4 is 17.2 Å². The highest BCUT2D eigenvalue weighted by atomic mass is 16.2. The molecule has 2 aromatic heterocycles. The van der Waals surface area contributed by atoms with Crippen LogP contribution in [0.2, 0.25) is 0 Å². The van der Waals surface area contributed by atoms with E-state index in [4.69, 9.17) is 5.10 Å². The Morgan fingerprint density at radius 3 is 2.87 bits per heavy atom. The van der Waals surface area contributed by atoms with Gasteiger partial charge in [-0.3, -0.25) is 19.0 Å². The van der Waals surface area contributed by atoms with Crippen molar-refractivity contribution in [2.45, 2.75) is 45.7 Å². The number of likely N-dealkylation sites (tertiary alicyclic amines) is 1. The number of allylic oxidation sites excluding steroid dienone is 13. The van der Waals surface area contributed by atoms with Crippen molar-refractivity contribution in [2.75, 3.05) is 13.6 Å². The first-order valence-electron chi connectivity index (χ1n) is 13.3. The molecule has 1 atom stereocenters. The van der Waals surface area contributed by atoms with E-state index >= 15 is 0 Å². The van der Waals surface area contributed by atoms with Crippen LogP contribution in [-0.2, 0) is 11.3 Å². The topological polar surface area (TPSA) is 55.4 Å². The Labute approximate surface area is 225 Å². The van der Waals surface area contributed by atoms with Crippen LogP contribution in [0.15, 0.2) is 114 Å². The molecule has 2 aromatic rings. The van der Waals surface area contributed by atoms with Crippen LogP contribution in [0.3, 0.4) is 0 Å². The largest absolute Gasteiger partial charge is 0.333 e. The summed E-state index contributed by atoms with van der Waals surface area (Å²) < 4.78 is 3.85. The van der Waals surface area contributed by atoms with Gasteiger partial charge in [-0.05, 0) is 63.0 Å². The van der Waals surface area contributed by atoms with E-state index in [9.17, 15) is 4.79 Å². The smallest absolute Gasteiger partial charge is 0.271 e. The van der Waals surface area contributed by atoms with Gasteiger partial charge >= 0.3 is 0 Å². The van der Waals surface area contributed by atoms with Crippen molar-refractivity contribution in [1.82, 2.24) is 19.2 Å². The molecule has 1 aliphatic carbocycles. The van der Waals surface area contributed by atoms with Crippen LogP contribution in [0.25, 0.3) is 11.3 Å². The fourth-order valence-corrected chi connectivity index (χ4v) is 4.79. The zero-order chi connectivity index (χ0) is 26.7. The summed E-state index contributed by atoms with van der Waals surface area (Å²) in [7, 11) is 1.75. The molecule has 1 aliphatic heterocycles. The summed E-state index contributed by atoms with van der Waals surface area (Å²) in [6.07, 6.45) is 29.2. The molecular formula is C32H37N5O. The van der Waals surface area contributed by atoms with Crippen molar-refractivity contribution in [1.29, 1.82) is 0 Å². The lowest BCUT2D eigenvalue weighted by molar-refractivity contribution is -0.126. The number of pyridine rings is 1. The second-order valence-electron chi connectivity index (χ2n) is 9.28. The molecule has 0 bridgehead atoms. The molecule has 0 aromatic carbocycles. The molecule has 0 radical (unpaired) electrons. The Morgan fingerprint density at radius 1 is 1.16 bits per heavy atom. The van der Waals surface area contributed by atoms with Gasteiger partial charge in [-0.2, -0.15) is 5.10 Å². The summed E-state index contributed by atoms with van der Waals surface area (Å²) in [5.74, 6) is -0.00333. The normalized spacial score (nSPS) is 19.1. The van der Waals surface area contributed by atoms with E-state index in [1.165, 1.54) is 0 Å². The molecule has 4 rings (SSSR count). The molecule has 1 saturated heterocycles. The molecule has 6 heteroatoms. The van der Waals surface area contributed by atoms with Gasteiger partial charge in [0.15, 0.2) is 0 Å². The van der Waals surface area contributed by atoms with Gasteiger partial charge in [0, 0.05) is 31.6 Å². The molecule has 3 heterocycles. The first-order chi connectivity index (χ1) is 18.6. The summed E-state index contributed by atoms with van der Waals surface area (Å²) in [6.45, 7) is 5.34. The van der Waals surface area contributed by atoms with E-state index in [0.717, 1.165) is 48.1 Å². The Morgan fingerprint density at radius 2 is 2.05 bits per heavy atom. The molecule has 0 saturated carbocycles. The van der Waals surface area contributed by atoms with Crippen LogP contribution in [0, 0.1) is 0 Å². The van der Waals surface area contributed by atoms with Gasteiger partial charge in [0.2, 0.25) is 0 Å². The Hall–Kier alpha value is -4.19. The average molecular weight is 508 g/mol. The fraction of sp³-hybridized carbons (Fsp3) is 0.281. The number of aromatic nitrogens is 3. The highest BCUT2D eigenvalue weighted by molar-refractivity contribution is 6.14. The Bertz CT molecular complexity index is 1410. The summed E-state index contributed by atoms with van der Waals surface area (Å²) >= 11 is 0. The zero-order valence-electron chi connectivity index (χ0n) is 22.6. The minimum absolute atomic E-state index is 0.00333. The molecule has 6 nitrogen and oxygen atoms in total. The van der Waals surface area contributed by atoms with Crippen molar-refractivity contribution in [3.05, 3.63) is 120 Å². The minimum atomic E-state index is -0.00333. The molecule has 0 unspecified atom stereocenters. The van der Waals surface area contributed by atoms with Crippen molar-refractivity contribution in [3.8, 4) is 0 Å². The monoisotopic (exact) mass is 507 g/mol. The van der Waals surface area contributed by atoms with Gasteiger partial charge in [-0.1, -0.05) is 66.8 Å². The maximum absolute atomic E-state index is 14.2. The van der Waals surface area contributed by atoms with E-state index in [2.05, 4.69) is 35.4 Å². The fourth-order valence-electron chi connectivity index (χ4n) is 4.79. The van der Waals surface area contributed by atoms with Crippen molar-refractivity contribution in [2.24, 2.45) is 4.99 Å². The first kappa shape index (κ1) is 26.9. The van der Waals surface area contributed by atoms with Crippen LogP contribution in [0.1, 0.15) is 38.8 Å². The number of nitrogens with zero attached hydrogens (tertiary/aromatic N) is 5. The second kappa shape index (κ2) is 13.4. The molecule has 0 N–H and O–H groups in total. The standard InChI is InChI=1S/C32H37N5O/c1-4-6-15-26(14-5-2)24-30(37-21-12-11-19-31(37)33-3)32(38)36-22-13-18-28(36)25-35-23-20-29(34-35)27-16-9-7-8-10-17-27/h4-7,9-12,14-17,19-21,23-24,28H,8,13,18,22,25H2,1-3H3/b6-4-,14-5-,26-15+,30-24+,33-31?/t28-/m0/s1. The molecular weight excluding hydrogens is 470 g/mol. The summed E-state index contributed by atoms with van der Waals surface area (Å²) in [6, 6.07) is 7.90. The summed E-state index contributed by atoms with van der Waals surface area (Å²) in [4.78, 5) is 20.6. The van der Waals surface area contributed by atoms with Gasteiger partial charge in [0.25, 0.3) is 5.91 Å². The predicted octanol–water partition coefficient (Wildman–Crippen LogP) is 5.73. The van der Waals surface area contributed by atoms with Crippen LogP contribution in [0.5, 0.6) is 0 Å². The first-order valence-corrected chi connectivity index (χ1v) is 13.3. The third-order valence-electron chi connectivity index (χ3n) is 6.64. The molecule has 2 aliphatic rings. The third-order valence-corrected chi connectivity index (χ3v) is 6.64. The molecule has 1 fully saturated rings. The number of hydrogen-bond donors (Lipinski definition) is 0. The Kier molecular flexibility index (Phi) is 9.46. The number of amides is 1. The third kappa shape index (κ3) is 6.57. The predicted molar refractivity (Wildman–Crippen MR) is 156 cm³/mol. The van der Waals surface area contributed by atoms with E-state index in [1.807, 2.05) is 101 Å². The minimum Gasteiger partial charge on any atom is -0.333 e. The van der Waals surface area contributed by atoms with E-state index < -0.39 is 0 Å². The number of hydrogen-bond acceptors (Lipinski definition) is 3. The van der Waals surface area contributed by atoms with Gasteiger partial charge in [-0.25, -0.2) is 0 Å². The van der Waals surface area contributed by atoms with Crippen LogP contribution in [-0.4, -0.2) is 44.8 Å². The highest BCUT2D eigenvalue weighted by Gasteiger charge is 2.32. The lowest BCUT2D eigenvalue weighted by Crippen LogP contribution is -2.40. The van der Waals surface area contributed by atoms with Crippen molar-refractivity contribution in [3.63, 3.8) is 0 Å². The molecule has 0 spiro atoms. The molecule has 1 amide bonds. The number of carbonyl (C=O) groups is 1. The molecule has 196 valence electrons. The summed E-state index contributed by atoms with van der Waals surface area (Å²) in [5.41, 5.74) is 4.29. The van der Waals surface area contributed by atoms with Gasteiger partial charge in [0.1, 0.15) is 11.2 Å². The summed E-state index contributed by atoms with van der Waals surface area (Å²) in [5, 5.41) is 4.83. The van der Waals surface area contributed by atoms with Crippen LogP contribution in [0.4, 0.5) is 0 Å². The van der Waals surface area contributed by atoms with E-state index in [1.54, 1.807) is 7.05 Å². The number of rotatable bonds is 8. The lowest BCUT2D eigenvalue weighted by atomic mass is 10.1. The van der Waals surface area contributed by atoms with E-state index in [0.29, 0.717) is 12.2 Å². The SMILES string of the molecule is C\C=C/C=C(\C=C/C)/C=C(\C(=O)N1CCC[C@H]1Cn1ccc(C2=CC=CCC=C2)n1)n1ccccc1=NC. The lowest BCUT2D eigenvalue weighted by Gasteiger charge is -2.26. The Balaban J connectivity index is 1.65. The van der Waals surface area contributed by atoms with E-state index in [-0.39, 0.29) is 11.9 Å².